The number of rotatable bonds is 7. The maximum Gasteiger partial charge on any atom is 0.307 e. The van der Waals surface area contributed by atoms with Gasteiger partial charge in [-0.1, -0.05) is 33.1 Å². The third-order valence-corrected chi connectivity index (χ3v) is 2.25. The van der Waals surface area contributed by atoms with Gasteiger partial charge in [0.2, 0.25) is 0 Å². The molecule has 1 rings (SSSR count). The average Bonchev–Trinajstić information content (AvgIpc) is 3.09. The molecule has 0 radical (unpaired) electrons. The van der Waals surface area contributed by atoms with E-state index in [1.807, 2.05) is 0 Å². The van der Waals surface area contributed by atoms with Crippen LogP contribution in [0.15, 0.2) is 0 Å². The van der Waals surface area contributed by atoms with E-state index in [0.29, 0.717) is 0 Å². The first kappa shape index (κ1) is 18.6. The minimum atomic E-state index is -0.332. The number of hydrogen-bond donors (Lipinski definition) is 2. The van der Waals surface area contributed by atoms with E-state index in [1.165, 1.54) is 19.3 Å². The quantitative estimate of drug-likeness (QED) is 0.431. The van der Waals surface area contributed by atoms with E-state index >= 15 is 0 Å². The smallest absolute Gasteiger partial charge is 0.307 e. The van der Waals surface area contributed by atoms with E-state index < -0.39 is 0 Å². The van der Waals surface area contributed by atoms with Crippen molar-refractivity contribution in [3.8, 4) is 0 Å². The van der Waals surface area contributed by atoms with Crippen LogP contribution in [0.1, 0.15) is 46.0 Å². The molecule has 1 aliphatic rings. The minimum absolute atomic E-state index is 0.0277. The Hall–Kier alpha value is -0.360. The van der Waals surface area contributed by atoms with Crippen molar-refractivity contribution in [2.45, 2.75) is 56.5 Å². The maximum atomic E-state index is 11.1. The number of esters is 2. The van der Waals surface area contributed by atoms with Gasteiger partial charge in [0.05, 0.1) is 12.8 Å². The summed E-state index contributed by atoms with van der Waals surface area (Å²) in [4.78, 5) is 22.1. The molecular formula is C13H24O4S2. The molecule has 0 amide bonds. The van der Waals surface area contributed by atoms with Gasteiger partial charge in [-0.15, -0.1) is 0 Å². The van der Waals surface area contributed by atoms with Crippen molar-refractivity contribution in [1.82, 2.24) is 0 Å². The number of carbonyl (C=O) groups is 2. The van der Waals surface area contributed by atoms with E-state index in [1.54, 1.807) is 13.8 Å². The Kier molecular flexibility index (Phi) is 11.2. The van der Waals surface area contributed by atoms with Crippen molar-refractivity contribution < 1.29 is 19.1 Å². The Morgan fingerprint density at radius 3 is 1.42 bits per heavy atom. The Morgan fingerprint density at radius 1 is 0.895 bits per heavy atom. The monoisotopic (exact) mass is 308 g/mol. The van der Waals surface area contributed by atoms with Crippen LogP contribution < -0.4 is 0 Å². The molecule has 0 spiro atoms. The Balaban J connectivity index is 0.000000934. The van der Waals surface area contributed by atoms with Crippen LogP contribution in [0.5, 0.6) is 0 Å². The Bertz CT molecular complexity index is 239. The zero-order valence-corrected chi connectivity index (χ0v) is 13.4. The summed E-state index contributed by atoms with van der Waals surface area (Å²) in [6.07, 6.45) is 5.01. The zero-order valence-electron chi connectivity index (χ0n) is 11.6. The van der Waals surface area contributed by atoms with Gasteiger partial charge in [-0.05, 0) is 0 Å². The molecule has 0 aromatic heterocycles. The predicted molar refractivity (Wildman–Crippen MR) is 81.9 cm³/mol. The van der Waals surface area contributed by atoms with Crippen LogP contribution in [0.4, 0.5) is 0 Å². The third-order valence-electron chi connectivity index (χ3n) is 1.89. The molecule has 0 heterocycles. The van der Waals surface area contributed by atoms with Crippen LogP contribution >= 0.6 is 25.3 Å². The minimum Gasteiger partial charge on any atom is -0.462 e. The van der Waals surface area contributed by atoms with Crippen LogP contribution in [0.3, 0.4) is 0 Å². The number of thiol groups is 2. The lowest BCUT2D eigenvalue weighted by molar-refractivity contribution is -0.152. The first-order chi connectivity index (χ1) is 8.91. The molecule has 0 saturated heterocycles. The maximum absolute atomic E-state index is 11.1. The van der Waals surface area contributed by atoms with Crippen LogP contribution in [0.25, 0.3) is 0 Å². The van der Waals surface area contributed by atoms with Crippen LogP contribution in [-0.4, -0.2) is 35.7 Å². The van der Waals surface area contributed by atoms with Crippen molar-refractivity contribution in [3.05, 3.63) is 0 Å². The van der Waals surface area contributed by atoms with Gasteiger partial charge < -0.3 is 9.47 Å². The van der Waals surface area contributed by atoms with Gasteiger partial charge in [-0.2, -0.15) is 25.3 Å². The van der Waals surface area contributed by atoms with Crippen molar-refractivity contribution in [3.63, 3.8) is 0 Å². The van der Waals surface area contributed by atoms with Crippen molar-refractivity contribution in [1.29, 1.82) is 0 Å². The fourth-order valence-electron chi connectivity index (χ4n) is 0.911. The highest BCUT2D eigenvalue weighted by Gasteiger charge is 2.08. The van der Waals surface area contributed by atoms with Crippen molar-refractivity contribution >= 4 is 37.2 Å². The molecule has 2 unspecified atom stereocenters. The summed E-state index contributed by atoms with van der Waals surface area (Å²) in [5, 5.41) is -0.0554. The lowest BCUT2D eigenvalue weighted by atomic mass is 10.3. The molecule has 112 valence electrons. The SMILES string of the molecule is C1CC1.CC(S)CC(=O)OCCOC(=O)CC(C)S. The average molecular weight is 308 g/mol. The summed E-state index contributed by atoms with van der Waals surface area (Å²) in [7, 11) is 0. The Labute approximate surface area is 126 Å². The standard InChI is InChI=1S/C10H18O4S2.C3H6/c1-7(15)5-9(11)13-3-4-14-10(12)6-8(2)16;1-2-3-1/h7-8,15-16H,3-6H2,1-2H3;1-3H2. The summed E-state index contributed by atoms with van der Waals surface area (Å²) in [6.45, 7) is 3.79. The van der Waals surface area contributed by atoms with E-state index in [-0.39, 0.29) is 48.5 Å². The molecule has 1 aliphatic carbocycles. The van der Waals surface area contributed by atoms with Crippen LogP contribution in [0, 0.1) is 0 Å². The summed E-state index contributed by atoms with van der Waals surface area (Å²) < 4.78 is 9.65. The molecule has 0 aromatic carbocycles. The highest BCUT2D eigenvalue weighted by atomic mass is 32.1. The van der Waals surface area contributed by atoms with Gasteiger partial charge in [-0.3, -0.25) is 9.59 Å². The summed E-state index contributed by atoms with van der Waals surface area (Å²) in [5.41, 5.74) is 0. The summed E-state index contributed by atoms with van der Waals surface area (Å²) in [6, 6.07) is 0. The molecule has 0 aromatic rings. The van der Waals surface area contributed by atoms with E-state index in [2.05, 4.69) is 25.3 Å². The van der Waals surface area contributed by atoms with Crippen LogP contribution in [0.2, 0.25) is 0 Å². The molecule has 4 nitrogen and oxygen atoms in total. The lowest BCUT2D eigenvalue weighted by Gasteiger charge is -2.08. The molecule has 0 N–H and O–H groups in total. The van der Waals surface area contributed by atoms with E-state index in [4.69, 9.17) is 9.47 Å². The molecule has 19 heavy (non-hydrogen) atoms. The number of ether oxygens (including phenoxy) is 2. The zero-order chi connectivity index (χ0) is 14.7. The summed E-state index contributed by atoms with van der Waals surface area (Å²) >= 11 is 8.12. The molecule has 1 saturated carbocycles. The summed E-state index contributed by atoms with van der Waals surface area (Å²) in [5.74, 6) is -0.665. The fraction of sp³-hybridized carbons (Fsp3) is 0.846. The van der Waals surface area contributed by atoms with Gasteiger partial charge in [0.1, 0.15) is 13.2 Å². The van der Waals surface area contributed by atoms with Gasteiger partial charge in [0.15, 0.2) is 0 Å². The molecule has 0 bridgehead atoms. The van der Waals surface area contributed by atoms with Crippen molar-refractivity contribution in [2.24, 2.45) is 0 Å². The Morgan fingerprint density at radius 2 is 1.21 bits per heavy atom. The van der Waals surface area contributed by atoms with Crippen molar-refractivity contribution in [2.75, 3.05) is 13.2 Å². The van der Waals surface area contributed by atoms with Gasteiger partial charge in [-0.25, -0.2) is 0 Å². The van der Waals surface area contributed by atoms with E-state index in [0.717, 1.165) is 0 Å². The molecule has 1 fully saturated rings. The fourth-order valence-corrected chi connectivity index (χ4v) is 1.21. The molecule has 6 heteroatoms. The first-order valence-corrected chi connectivity index (χ1v) is 7.62. The predicted octanol–water partition coefficient (Wildman–Crippen LogP) is 2.66. The second-order valence-electron chi connectivity index (χ2n) is 4.61. The molecule has 0 aliphatic heterocycles. The number of carbonyl (C=O) groups excluding carboxylic acids is 2. The largest absolute Gasteiger partial charge is 0.462 e. The van der Waals surface area contributed by atoms with Gasteiger partial charge >= 0.3 is 11.9 Å². The topological polar surface area (TPSA) is 52.6 Å². The third kappa shape index (κ3) is 17.6. The number of hydrogen-bond acceptors (Lipinski definition) is 6. The second-order valence-corrected chi connectivity index (χ2v) is 6.37. The highest BCUT2D eigenvalue weighted by Crippen LogP contribution is 2.14. The second kappa shape index (κ2) is 11.5. The first-order valence-electron chi connectivity index (χ1n) is 6.59. The van der Waals surface area contributed by atoms with Crippen LogP contribution in [-0.2, 0) is 19.1 Å². The normalized spacial score (nSPS) is 15.6. The molecular weight excluding hydrogens is 284 g/mol. The lowest BCUT2D eigenvalue weighted by Crippen LogP contribution is -2.16. The molecule has 2 atom stereocenters. The van der Waals surface area contributed by atoms with Gasteiger partial charge in [0, 0.05) is 10.5 Å². The highest BCUT2D eigenvalue weighted by molar-refractivity contribution is 7.81. The van der Waals surface area contributed by atoms with Gasteiger partial charge in [0.25, 0.3) is 0 Å². The van der Waals surface area contributed by atoms with E-state index in [9.17, 15) is 9.59 Å².